The Morgan fingerprint density at radius 3 is 2.44 bits per heavy atom. The van der Waals surface area contributed by atoms with Gasteiger partial charge in [0.05, 0.1) is 0 Å². The number of rotatable bonds is 0. The van der Waals surface area contributed by atoms with Crippen molar-refractivity contribution < 1.29 is 0 Å². The smallest absolute Gasteiger partial charge is 0.0133 e. The van der Waals surface area contributed by atoms with E-state index in [2.05, 4.69) is 13.8 Å². The van der Waals surface area contributed by atoms with E-state index in [1.807, 2.05) is 0 Å². The second kappa shape index (κ2) is 1.34. The highest BCUT2D eigenvalue weighted by atomic mass is 14.9. The molecule has 0 spiro atoms. The zero-order chi connectivity index (χ0) is 6.65. The standard InChI is InChI=1S/C8H15N/c1-5-3-4-8(2)6(5)7(8)9/h5-7H,3-4,9H2,1-2H3. The highest BCUT2D eigenvalue weighted by Crippen LogP contribution is 2.64. The van der Waals surface area contributed by atoms with Gasteiger partial charge in [-0.3, -0.25) is 0 Å². The van der Waals surface area contributed by atoms with E-state index < -0.39 is 0 Å². The summed E-state index contributed by atoms with van der Waals surface area (Å²) in [5, 5.41) is 0. The maximum absolute atomic E-state index is 5.90. The summed E-state index contributed by atoms with van der Waals surface area (Å²) >= 11 is 0. The van der Waals surface area contributed by atoms with Gasteiger partial charge in [0.15, 0.2) is 0 Å². The Kier molecular flexibility index (Phi) is 0.852. The molecule has 2 aliphatic rings. The van der Waals surface area contributed by atoms with Gasteiger partial charge in [0, 0.05) is 6.04 Å². The third-order valence-corrected chi connectivity index (χ3v) is 3.55. The van der Waals surface area contributed by atoms with E-state index in [9.17, 15) is 0 Å². The summed E-state index contributed by atoms with van der Waals surface area (Å²) in [5.74, 6) is 1.78. The maximum atomic E-state index is 5.90. The lowest BCUT2D eigenvalue weighted by molar-refractivity contribution is 0.500. The Balaban J connectivity index is 2.18. The molecule has 52 valence electrons. The van der Waals surface area contributed by atoms with E-state index >= 15 is 0 Å². The minimum absolute atomic E-state index is 0.543. The first-order valence-corrected chi connectivity index (χ1v) is 3.92. The summed E-state index contributed by atoms with van der Waals surface area (Å²) in [5.41, 5.74) is 6.47. The SMILES string of the molecule is CC1CCC2(C)C(N)C12. The zero-order valence-corrected chi connectivity index (χ0v) is 6.22. The van der Waals surface area contributed by atoms with Crippen LogP contribution in [0.15, 0.2) is 0 Å². The van der Waals surface area contributed by atoms with Crippen molar-refractivity contribution in [2.24, 2.45) is 23.0 Å². The molecule has 2 aliphatic carbocycles. The number of hydrogen-bond acceptors (Lipinski definition) is 1. The molecule has 0 aliphatic heterocycles. The van der Waals surface area contributed by atoms with Crippen molar-refractivity contribution in [2.45, 2.75) is 32.7 Å². The van der Waals surface area contributed by atoms with Gasteiger partial charge in [0.25, 0.3) is 0 Å². The fourth-order valence-electron chi connectivity index (χ4n) is 2.69. The molecule has 0 aromatic heterocycles. The summed E-state index contributed by atoms with van der Waals surface area (Å²) in [7, 11) is 0. The van der Waals surface area contributed by atoms with Crippen LogP contribution in [0.1, 0.15) is 26.7 Å². The highest BCUT2D eigenvalue weighted by molar-refractivity contribution is 5.16. The summed E-state index contributed by atoms with van der Waals surface area (Å²) in [4.78, 5) is 0. The van der Waals surface area contributed by atoms with Crippen molar-refractivity contribution in [2.75, 3.05) is 0 Å². The van der Waals surface area contributed by atoms with E-state index in [0.717, 1.165) is 11.8 Å². The van der Waals surface area contributed by atoms with E-state index in [0.29, 0.717) is 11.5 Å². The molecule has 0 aromatic carbocycles. The molecule has 0 heterocycles. The van der Waals surface area contributed by atoms with Gasteiger partial charge in [-0.2, -0.15) is 0 Å². The Bertz CT molecular complexity index is 140. The monoisotopic (exact) mass is 125 g/mol. The molecule has 4 atom stereocenters. The third kappa shape index (κ3) is 0.493. The van der Waals surface area contributed by atoms with Crippen LogP contribution >= 0.6 is 0 Å². The van der Waals surface area contributed by atoms with Gasteiger partial charge in [-0.15, -0.1) is 0 Å². The summed E-state index contributed by atoms with van der Waals surface area (Å²) in [6.07, 6.45) is 2.79. The van der Waals surface area contributed by atoms with Crippen LogP contribution in [-0.2, 0) is 0 Å². The molecular weight excluding hydrogens is 110 g/mol. The normalized spacial score (nSPS) is 63.7. The van der Waals surface area contributed by atoms with E-state index in [1.54, 1.807) is 0 Å². The number of hydrogen-bond donors (Lipinski definition) is 1. The van der Waals surface area contributed by atoms with Crippen molar-refractivity contribution in [3.63, 3.8) is 0 Å². The zero-order valence-electron chi connectivity index (χ0n) is 6.22. The first-order chi connectivity index (χ1) is 4.16. The maximum Gasteiger partial charge on any atom is 0.0133 e. The molecule has 1 nitrogen and oxygen atoms in total. The molecule has 2 rings (SSSR count). The molecule has 0 amide bonds. The Labute approximate surface area is 56.6 Å². The van der Waals surface area contributed by atoms with Crippen molar-refractivity contribution in [1.29, 1.82) is 0 Å². The van der Waals surface area contributed by atoms with Crippen LogP contribution in [-0.4, -0.2) is 6.04 Å². The van der Waals surface area contributed by atoms with E-state index in [1.165, 1.54) is 12.8 Å². The molecule has 4 unspecified atom stereocenters. The third-order valence-electron chi connectivity index (χ3n) is 3.55. The number of nitrogens with two attached hydrogens (primary N) is 1. The fraction of sp³-hybridized carbons (Fsp3) is 1.00. The molecule has 0 bridgehead atoms. The second-order valence-electron chi connectivity index (χ2n) is 4.07. The predicted molar refractivity (Wildman–Crippen MR) is 38.0 cm³/mol. The molecular formula is C8H15N. The topological polar surface area (TPSA) is 26.0 Å². The van der Waals surface area contributed by atoms with Gasteiger partial charge in [-0.25, -0.2) is 0 Å². The quantitative estimate of drug-likeness (QED) is 0.520. The van der Waals surface area contributed by atoms with Gasteiger partial charge in [0.1, 0.15) is 0 Å². The Morgan fingerprint density at radius 2 is 2.22 bits per heavy atom. The second-order valence-corrected chi connectivity index (χ2v) is 4.07. The highest BCUT2D eigenvalue weighted by Gasteiger charge is 2.64. The summed E-state index contributed by atoms with van der Waals surface area (Å²) < 4.78 is 0. The molecule has 0 saturated heterocycles. The average Bonchev–Trinajstić information content (AvgIpc) is 2.13. The summed E-state index contributed by atoms with van der Waals surface area (Å²) in [6, 6.07) is 0.543. The Hall–Kier alpha value is -0.0400. The van der Waals surface area contributed by atoms with Gasteiger partial charge in [-0.05, 0) is 30.1 Å². The van der Waals surface area contributed by atoms with E-state index in [4.69, 9.17) is 5.73 Å². The molecule has 2 N–H and O–H groups in total. The molecule has 9 heavy (non-hydrogen) atoms. The lowest BCUT2D eigenvalue weighted by Gasteiger charge is -2.04. The van der Waals surface area contributed by atoms with Crippen LogP contribution in [0.4, 0.5) is 0 Å². The molecule has 2 fully saturated rings. The molecule has 2 saturated carbocycles. The minimum Gasteiger partial charge on any atom is -0.327 e. The lowest BCUT2D eigenvalue weighted by atomic mass is 10.0. The molecule has 1 heteroatoms. The molecule has 0 aromatic rings. The predicted octanol–water partition coefficient (Wildman–Crippen LogP) is 1.38. The lowest BCUT2D eigenvalue weighted by Crippen LogP contribution is -2.13. The fourth-order valence-corrected chi connectivity index (χ4v) is 2.69. The first-order valence-electron chi connectivity index (χ1n) is 3.92. The number of fused-ring (bicyclic) bond motifs is 1. The van der Waals surface area contributed by atoms with Crippen LogP contribution in [0.3, 0.4) is 0 Å². The minimum atomic E-state index is 0.543. The van der Waals surface area contributed by atoms with Crippen molar-refractivity contribution in [3.05, 3.63) is 0 Å². The van der Waals surface area contributed by atoms with Gasteiger partial charge in [0.2, 0.25) is 0 Å². The van der Waals surface area contributed by atoms with Crippen LogP contribution in [0.5, 0.6) is 0 Å². The largest absolute Gasteiger partial charge is 0.327 e. The van der Waals surface area contributed by atoms with Crippen molar-refractivity contribution >= 4 is 0 Å². The van der Waals surface area contributed by atoms with Crippen molar-refractivity contribution in [3.8, 4) is 0 Å². The van der Waals surface area contributed by atoms with E-state index in [-0.39, 0.29) is 0 Å². The Morgan fingerprint density at radius 1 is 1.56 bits per heavy atom. The van der Waals surface area contributed by atoms with Crippen LogP contribution in [0, 0.1) is 17.3 Å². The van der Waals surface area contributed by atoms with Gasteiger partial charge in [-0.1, -0.05) is 13.8 Å². The average molecular weight is 125 g/mol. The molecule has 0 radical (unpaired) electrons. The van der Waals surface area contributed by atoms with Crippen LogP contribution in [0.25, 0.3) is 0 Å². The summed E-state index contributed by atoms with van der Waals surface area (Å²) in [6.45, 7) is 4.68. The van der Waals surface area contributed by atoms with Gasteiger partial charge < -0.3 is 5.73 Å². The van der Waals surface area contributed by atoms with Crippen molar-refractivity contribution in [1.82, 2.24) is 0 Å². The first kappa shape index (κ1) is 5.72. The van der Waals surface area contributed by atoms with Crippen LogP contribution in [0.2, 0.25) is 0 Å². The van der Waals surface area contributed by atoms with Crippen LogP contribution < -0.4 is 5.73 Å². The van der Waals surface area contributed by atoms with Gasteiger partial charge >= 0.3 is 0 Å².